The maximum atomic E-state index is 4.58. The lowest BCUT2D eigenvalue weighted by atomic mass is 10.3. The highest BCUT2D eigenvalue weighted by Crippen LogP contribution is 2.28. The Balaban J connectivity index is 2.34. The van der Waals surface area contributed by atoms with Crippen LogP contribution in [0.5, 0.6) is 0 Å². The van der Waals surface area contributed by atoms with E-state index in [2.05, 4.69) is 56.5 Å². The Morgan fingerprint density at radius 3 is 2.72 bits per heavy atom. The van der Waals surface area contributed by atoms with Crippen molar-refractivity contribution in [3.8, 4) is 10.7 Å². The van der Waals surface area contributed by atoms with E-state index >= 15 is 0 Å². The van der Waals surface area contributed by atoms with Crippen molar-refractivity contribution in [2.24, 2.45) is 0 Å². The molecule has 0 saturated carbocycles. The van der Waals surface area contributed by atoms with Crippen molar-refractivity contribution in [3.05, 3.63) is 27.7 Å². The van der Waals surface area contributed by atoms with E-state index in [4.69, 9.17) is 0 Å². The molecule has 18 heavy (non-hydrogen) atoms. The summed E-state index contributed by atoms with van der Waals surface area (Å²) in [6.45, 7) is 5.19. The predicted octanol–water partition coefficient (Wildman–Crippen LogP) is 4.35. The van der Waals surface area contributed by atoms with Crippen molar-refractivity contribution in [2.75, 3.05) is 11.9 Å². The lowest BCUT2D eigenvalue weighted by Crippen LogP contribution is -2.05. The SMILES string of the molecule is CCCNc1cc(CC)nc(-c2cc(Br)cs2)n1. The molecule has 0 aliphatic rings. The zero-order chi connectivity index (χ0) is 13.0. The van der Waals surface area contributed by atoms with Crippen molar-refractivity contribution in [1.29, 1.82) is 0 Å². The van der Waals surface area contributed by atoms with Gasteiger partial charge in [-0.1, -0.05) is 13.8 Å². The summed E-state index contributed by atoms with van der Waals surface area (Å²) in [6, 6.07) is 4.09. The van der Waals surface area contributed by atoms with E-state index in [0.29, 0.717) is 0 Å². The van der Waals surface area contributed by atoms with Crippen molar-refractivity contribution in [2.45, 2.75) is 26.7 Å². The summed E-state index contributed by atoms with van der Waals surface area (Å²) in [6.07, 6.45) is 2.01. The van der Waals surface area contributed by atoms with Gasteiger partial charge in [0.05, 0.1) is 4.88 Å². The van der Waals surface area contributed by atoms with Gasteiger partial charge in [0, 0.05) is 28.2 Å². The largest absolute Gasteiger partial charge is 0.370 e. The molecule has 0 saturated heterocycles. The molecule has 5 heteroatoms. The first kappa shape index (κ1) is 13.5. The molecule has 2 heterocycles. The van der Waals surface area contributed by atoms with Gasteiger partial charge in [-0.3, -0.25) is 0 Å². The van der Waals surface area contributed by atoms with Gasteiger partial charge in [0.1, 0.15) is 5.82 Å². The fourth-order valence-corrected chi connectivity index (χ4v) is 2.92. The highest BCUT2D eigenvalue weighted by atomic mass is 79.9. The maximum absolute atomic E-state index is 4.58. The number of anilines is 1. The van der Waals surface area contributed by atoms with Gasteiger partial charge < -0.3 is 5.32 Å². The van der Waals surface area contributed by atoms with Gasteiger partial charge in [-0.15, -0.1) is 11.3 Å². The number of aromatic nitrogens is 2. The molecule has 0 amide bonds. The van der Waals surface area contributed by atoms with E-state index < -0.39 is 0 Å². The van der Waals surface area contributed by atoms with E-state index in [1.807, 2.05) is 6.07 Å². The molecule has 0 spiro atoms. The third-order valence-electron chi connectivity index (χ3n) is 2.49. The Labute approximate surface area is 120 Å². The molecule has 96 valence electrons. The lowest BCUT2D eigenvalue weighted by molar-refractivity contribution is 0.952. The number of aryl methyl sites for hydroxylation is 1. The average molecular weight is 326 g/mol. The molecular weight excluding hydrogens is 310 g/mol. The maximum Gasteiger partial charge on any atom is 0.171 e. The highest BCUT2D eigenvalue weighted by molar-refractivity contribution is 9.10. The smallest absolute Gasteiger partial charge is 0.171 e. The second-order valence-corrected chi connectivity index (χ2v) is 5.80. The van der Waals surface area contributed by atoms with Crippen molar-refractivity contribution in [3.63, 3.8) is 0 Å². The Kier molecular flexibility index (Phi) is 4.72. The molecule has 2 rings (SSSR count). The first-order chi connectivity index (χ1) is 8.72. The minimum atomic E-state index is 0.809. The van der Waals surface area contributed by atoms with Gasteiger partial charge in [-0.2, -0.15) is 0 Å². The number of nitrogens with one attached hydrogen (secondary N) is 1. The first-order valence-corrected chi connectivity index (χ1v) is 7.76. The summed E-state index contributed by atoms with van der Waals surface area (Å²) in [7, 11) is 0. The molecule has 0 fully saturated rings. The van der Waals surface area contributed by atoms with Crippen LogP contribution in [0.3, 0.4) is 0 Å². The van der Waals surface area contributed by atoms with Gasteiger partial charge in [0.25, 0.3) is 0 Å². The number of nitrogens with zero attached hydrogens (tertiary/aromatic N) is 2. The second kappa shape index (κ2) is 6.29. The number of hydrogen-bond donors (Lipinski definition) is 1. The minimum Gasteiger partial charge on any atom is -0.370 e. The summed E-state index contributed by atoms with van der Waals surface area (Å²) >= 11 is 5.12. The van der Waals surface area contributed by atoms with E-state index in [1.165, 1.54) is 0 Å². The van der Waals surface area contributed by atoms with Gasteiger partial charge in [-0.25, -0.2) is 9.97 Å². The monoisotopic (exact) mass is 325 g/mol. The second-order valence-electron chi connectivity index (χ2n) is 3.98. The van der Waals surface area contributed by atoms with Crippen molar-refractivity contribution >= 4 is 33.1 Å². The van der Waals surface area contributed by atoms with Crippen LogP contribution in [0.1, 0.15) is 26.0 Å². The normalized spacial score (nSPS) is 10.6. The molecule has 0 aliphatic heterocycles. The van der Waals surface area contributed by atoms with Gasteiger partial charge in [0.15, 0.2) is 5.82 Å². The van der Waals surface area contributed by atoms with Gasteiger partial charge >= 0.3 is 0 Å². The molecule has 0 radical (unpaired) electrons. The molecule has 0 bridgehead atoms. The van der Waals surface area contributed by atoms with Crippen LogP contribution in [0, 0.1) is 0 Å². The Morgan fingerprint density at radius 2 is 2.11 bits per heavy atom. The highest BCUT2D eigenvalue weighted by Gasteiger charge is 2.08. The van der Waals surface area contributed by atoms with Crippen LogP contribution in [-0.2, 0) is 6.42 Å². The number of halogens is 1. The van der Waals surface area contributed by atoms with Crippen LogP contribution in [0.2, 0.25) is 0 Å². The fraction of sp³-hybridized carbons (Fsp3) is 0.385. The molecule has 0 aliphatic carbocycles. The molecule has 0 unspecified atom stereocenters. The van der Waals surface area contributed by atoms with E-state index in [1.54, 1.807) is 11.3 Å². The summed E-state index contributed by atoms with van der Waals surface area (Å²) in [5, 5.41) is 5.38. The molecule has 2 aromatic rings. The number of hydrogen-bond acceptors (Lipinski definition) is 4. The molecule has 0 atom stereocenters. The summed E-state index contributed by atoms with van der Waals surface area (Å²) in [4.78, 5) is 10.2. The standard InChI is InChI=1S/C13H16BrN3S/c1-3-5-15-12-7-10(4-2)16-13(17-12)11-6-9(14)8-18-11/h6-8H,3-5H2,1-2H3,(H,15,16,17). The Bertz CT molecular complexity index is 525. The zero-order valence-electron chi connectivity index (χ0n) is 10.5. The van der Waals surface area contributed by atoms with Crippen LogP contribution in [-0.4, -0.2) is 16.5 Å². The summed E-state index contributed by atoms with van der Waals surface area (Å²) < 4.78 is 1.08. The zero-order valence-corrected chi connectivity index (χ0v) is 12.9. The van der Waals surface area contributed by atoms with Gasteiger partial charge in [0.2, 0.25) is 0 Å². The third-order valence-corrected chi connectivity index (χ3v) is 4.17. The van der Waals surface area contributed by atoms with Crippen LogP contribution >= 0.6 is 27.3 Å². The summed E-state index contributed by atoms with van der Waals surface area (Å²) in [5.41, 5.74) is 1.07. The molecular formula is C13H16BrN3S. The molecule has 0 aromatic carbocycles. The Morgan fingerprint density at radius 1 is 1.28 bits per heavy atom. The number of thiophene rings is 1. The van der Waals surface area contributed by atoms with Crippen molar-refractivity contribution < 1.29 is 0 Å². The van der Waals surface area contributed by atoms with Crippen molar-refractivity contribution in [1.82, 2.24) is 9.97 Å². The summed E-state index contributed by atoms with van der Waals surface area (Å²) in [5.74, 6) is 1.73. The van der Waals surface area contributed by atoms with Crippen LogP contribution in [0.15, 0.2) is 22.0 Å². The third kappa shape index (κ3) is 3.29. The average Bonchev–Trinajstić information content (AvgIpc) is 2.82. The first-order valence-electron chi connectivity index (χ1n) is 6.09. The van der Waals surface area contributed by atoms with Gasteiger partial charge in [-0.05, 0) is 34.8 Å². The topological polar surface area (TPSA) is 37.8 Å². The van der Waals surface area contributed by atoms with Crippen LogP contribution in [0.25, 0.3) is 10.7 Å². The molecule has 3 nitrogen and oxygen atoms in total. The minimum absolute atomic E-state index is 0.809. The van der Waals surface area contributed by atoms with Crippen LogP contribution < -0.4 is 5.32 Å². The predicted molar refractivity (Wildman–Crippen MR) is 81.2 cm³/mol. The van der Waals surface area contributed by atoms with E-state index in [0.717, 1.165) is 46.1 Å². The molecule has 2 aromatic heterocycles. The quantitative estimate of drug-likeness (QED) is 0.887. The van der Waals surface area contributed by atoms with Crippen LogP contribution in [0.4, 0.5) is 5.82 Å². The lowest BCUT2D eigenvalue weighted by Gasteiger charge is -2.07. The number of rotatable bonds is 5. The van der Waals surface area contributed by atoms with E-state index in [-0.39, 0.29) is 0 Å². The fourth-order valence-electron chi connectivity index (χ4n) is 1.56. The van der Waals surface area contributed by atoms with E-state index in [9.17, 15) is 0 Å². The Hall–Kier alpha value is -0.940. The molecule has 1 N–H and O–H groups in total.